The largest absolute Gasteiger partial charge is 0.444 e. The first-order valence-electron chi connectivity index (χ1n) is 6.91. The van der Waals surface area contributed by atoms with Gasteiger partial charge in [-0.1, -0.05) is 0 Å². The quantitative estimate of drug-likeness (QED) is 0.735. The van der Waals surface area contributed by atoms with Crippen LogP contribution in [0.15, 0.2) is 0 Å². The molecule has 1 aliphatic rings. The molecule has 6 nitrogen and oxygen atoms in total. The Morgan fingerprint density at radius 1 is 1.40 bits per heavy atom. The Kier molecular flexibility index (Phi) is 5.08. The number of hydrogen-bond acceptors (Lipinski definition) is 4. The van der Waals surface area contributed by atoms with Crippen molar-refractivity contribution in [2.24, 2.45) is 0 Å². The van der Waals surface area contributed by atoms with E-state index in [9.17, 15) is 13.2 Å². The van der Waals surface area contributed by atoms with Crippen LogP contribution in [0.5, 0.6) is 0 Å². The minimum Gasteiger partial charge on any atom is -0.444 e. The molecule has 0 radical (unpaired) electrons. The molecule has 2 N–H and O–H groups in total. The number of amides is 1. The van der Waals surface area contributed by atoms with Gasteiger partial charge in [-0.05, 0) is 59.8 Å². The fourth-order valence-corrected chi connectivity index (χ4v) is 2.45. The normalized spacial score (nSPS) is 19.2. The Bertz CT molecular complexity index is 448. The van der Waals surface area contributed by atoms with Gasteiger partial charge in [0.2, 0.25) is 0 Å². The summed E-state index contributed by atoms with van der Waals surface area (Å²) in [4.78, 5) is 11.7. The number of nitrogens with one attached hydrogen (secondary N) is 1. The molecular formula is C13H25NO5S. The van der Waals surface area contributed by atoms with Crippen molar-refractivity contribution in [1.82, 2.24) is 5.32 Å². The Morgan fingerprint density at radius 3 is 2.35 bits per heavy atom. The number of rotatable bonds is 6. The molecule has 1 aliphatic carbocycles. The Hall–Kier alpha value is -0.820. The highest BCUT2D eigenvalue weighted by Gasteiger charge is 2.44. The summed E-state index contributed by atoms with van der Waals surface area (Å²) in [6, 6.07) is 0. The lowest BCUT2D eigenvalue weighted by molar-refractivity contribution is 0.0492. The van der Waals surface area contributed by atoms with Gasteiger partial charge in [0.15, 0.2) is 0 Å². The van der Waals surface area contributed by atoms with Gasteiger partial charge in [0.25, 0.3) is 10.1 Å². The average Bonchev–Trinajstić information content (AvgIpc) is 2.93. The van der Waals surface area contributed by atoms with E-state index in [4.69, 9.17) is 9.29 Å². The first-order chi connectivity index (χ1) is 8.94. The topological polar surface area (TPSA) is 92.7 Å². The lowest BCUT2D eigenvalue weighted by atomic mass is 10.1. The van der Waals surface area contributed by atoms with E-state index in [1.165, 1.54) is 6.92 Å². The van der Waals surface area contributed by atoms with Gasteiger partial charge in [-0.2, -0.15) is 8.42 Å². The highest BCUT2D eigenvalue weighted by Crippen LogP contribution is 2.40. The third-order valence-electron chi connectivity index (χ3n) is 3.39. The minimum atomic E-state index is -3.96. The predicted molar refractivity (Wildman–Crippen MR) is 76.2 cm³/mol. The standard InChI is InChI=1S/C13H25NO5S/c1-10(20(16,17)18)6-5-7-13(8-9-13)14-11(15)19-12(2,3)4/h10H,5-9H2,1-4H3,(H,14,15)(H,16,17,18). The molecule has 0 spiro atoms. The van der Waals surface area contributed by atoms with Crippen molar-refractivity contribution in [1.29, 1.82) is 0 Å². The molecule has 0 aromatic rings. The van der Waals surface area contributed by atoms with Gasteiger partial charge in [-0.15, -0.1) is 0 Å². The SMILES string of the molecule is CC(CCCC1(NC(=O)OC(C)(C)C)CC1)S(=O)(=O)O. The summed E-state index contributed by atoms with van der Waals surface area (Å²) < 4.78 is 35.9. The highest BCUT2D eigenvalue weighted by atomic mass is 32.2. The Morgan fingerprint density at radius 2 is 1.95 bits per heavy atom. The number of ether oxygens (including phenoxy) is 1. The third kappa shape index (κ3) is 6.09. The lowest BCUT2D eigenvalue weighted by Gasteiger charge is -2.23. The van der Waals surface area contributed by atoms with Crippen LogP contribution in [0.4, 0.5) is 4.79 Å². The van der Waals surface area contributed by atoms with Crippen LogP contribution in [0.1, 0.15) is 59.8 Å². The van der Waals surface area contributed by atoms with E-state index in [-0.39, 0.29) is 5.54 Å². The lowest BCUT2D eigenvalue weighted by Crippen LogP contribution is -2.40. The van der Waals surface area contributed by atoms with E-state index < -0.39 is 27.1 Å². The molecule has 0 saturated heterocycles. The molecule has 0 aromatic carbocycles. The molecule has 1 rings (SSSR count). The predicted octanol–water partition coefficient (Wildman–Crippen LogP) is 2.49. The second kappa shape index (κ2) is 5.89. The van der Waals surface area contributed by atoms with E-state index in [2.05, 4.69) is 5.32 Å². The Balaban J connectivity index is 2.35. The average molecular weight is 307 g/mol. The molecule has 1 saturated carbocycles. The molecule has 0 aromatic heterocycles. The fraction of sp³-hybridized carbons (Fsp3) is 0.923. The van der Waals surface area contributed by atoms with Crippen molar-refractivity contribution >= 4 is 16.2 Å². The number of carbonyl (C=O) groups is 1. The summed E-state index contributed by atoms with van der Waals surface area (Å²) in [6.07, 6.45) is 3.05. The van der Waals surface area contributed by atoms with E-state index in [0.717, 1.165) is 12.8 Å². The second-order valence-electron chi connectivity index (χ2n) is 6.63. The zero-order valence-electron chi connectivity index (χ0n) is 12.6. The van der Waals surface area contributed by atoms with Crippen LogP contribution in [0, 0.1) is 0 Å². The molecule has 7 heteroatoms. The van der Waals surface area contributed by atoms with Crippen molar-refractivity contribution in [3.63, 3.8) is 0 Å². The zero-order valence-corrected chi connectivity index (χ0v) is 13.4. The van der Waals surface area contributed by atoms with Crippen LogP contribution in [0.2, 0.25) is 0 Å². The van der Waals surface area contributed by atoms with Crippen molar-refractivity contribution in [2.75, 3.05) is 0 Å². The molecule has 20 heavy (non-hydrogen) atoms. The molecule has 0 aliphatic heterocycles. The third-order valence-corrected chi connectivity index (χ3v) is 4.65. The molecule has 1 unspecified atom stereocenters. The van der Waals surface area contributed by atoms with E-state index in [0.29, 0.717) is 19.3 Å². The highest BCUT2D eigenvalue weighted by molar-refractivity contribution is 7.86. The van der Waals surface area contributed by atoms with Gasteiger partial charge in [0.1, 0.15) is 5.60 Å². The van der Waals surface area contributed by atoms with Crippen molar-refractivity contribution in [3.8, 4) is 0 Å². The van der Waals surface area contributed by atoms with E-state index in [1.54, 1.807) is 20.8 Å². The molecule has 1 amide bonds. The van der Waals surface area contributed by atoms with Crippen LogP contribution < -0.4 is 5.32 Å². The smallest absolute Gasteiger partial charge is 0.408 e. The van der Waals surface area contributed by atoms with Gasteiger partial charge < -0.3 is 10.1 Å². The van der Waals surface area contributed by atoms with Gasteiger partial charge in [0.05, 0.1) is 5.25 Å². The maximum absolute atomic E-state index is 11.7. The van der Waals surface area contributed by atoms with Gasteiger partial charge in [-0.25, -0.2) is 4.79 Å². The van der Waals surface area contributed by atoms with Crippen molar-refractivity contribution < 1.29 is 22.5 Å². The van der Waals surface area contributed by atoms with Gasteiger partial charge >= 0.3 is 6.09 Å². The molecule has 118 valence electrons. The van der Waals surface area contributed by atoms with Crippen LogP contribution in [-0.2, 0) is 14.9 Å². The van der Waals surface area contributed by atoms with Crippen LogP contribution in [0.3, 0.4) is 0 Å². The molecule has 0 bridgehead atoms. The van der Waals surface area contributed by atoms with E-state index in [1.807, 2.05) is 0 Å². The van der Waals surface area contributed by atoms with E-state index >= 15 is 0 Å². The number of alkyl carbamates (subject to hydrolysis) is 1. The minimum absolute atomic E-state index is 0.249. The summed E-state index contributed by atoms with van der Waals surface area (Å²) in [5.41, 5.74) is -0.777. The summed E-state index contributed by atoms with van der Waals surface area (Å²) in [6.45, 7) is 6.90. The number of carbonyl (C=O) groups excluding carboxylic acids is 1. The van der Waals surface area contributed by atoms with Crippen molar-refractivity contribution in [2.45, 2.75) is 76.2 Å². The van der Waals surface area contributed by atoms with Crippen molar-refractivity contribution in [3.05, 3.63) is 0 Å². The Labute approximate surface area is 121 Å². The summed E-state index contributed by atoms with van der Waals surface area (Å²) in [5.74, 6) is 0. The maximum Gasteiger partial charge on any atom is 0.408 e. The second-order valence-corrected chi connectivity index (χ2v) is 8.46. The summed E-state index contributed by atoms with van der Waals surface area (Å²) in [7, 11) is -3.96. The maximum atomic E-state index is 11.7. The molecule has 0 heterocycles. The van der Waals surface area contributed by atoms with Gasteiger partial charge in [-0.3, -0.25) is 4.55 Å². The molecular weight excluding hydrogens is 282 g/mol. The van der Waals surface area contributed by atoms with Crippen LogP contribution in [-0.4, -0.2) is 35.5 Å². The van der Waals surface area contributed by atoms with Crippen LogP contribution >= 0.6 is 0 Å². The zero-order chi connectivity index (χ0) is 15.6. The van der Waals surface area contributed by atoms with Crippen LogP contribution in [0.25, 0.3) is 0 Å². The summed E-state index contributed by atoms with van der Waals surface area (Å²) in [5, 5.41) is 2.10. The molecule has 1 fully saturated rings. The summed E-state index contributed by atoms with van der Waals surface area (Å²) >= 11 is 0. The number of hydrogen-bond donors (Lipinski definition) is 2. The molecule has 1 atom stereocenters. The first kappa shape index (κ1) is 17.2. The monoisotopic (exact) mass is 307 g/mol. The first-order valence-corrected chi connectivity index (χ1v) is 8.41. The fourth-order valence-electron chi connectivity index (χ4n) is 1.99. The van der Waals surface area contributed by atoms with Gasteiger partial charge in [0, 0.05) is 5.54 Å².